The van der Waals surface area contributed by atoms with Gasteiger partial charge in [-0.25, -0.2) is 14.1 Å². The highest BCUT2D eigenvalue weighted by Gasteiger charge is 2.37. The van der Waals surface area contributed by atoms with E-state index in [-0.39, 0.29) is 11.3 Å². The van der Waals surface area contributed by atoms with E-state index in [9.17, 15) is 18.8 Å². The minimum atomic E-state index is -0.882. The maximum absolute atomic E-state index is 13.1. The van der Waals surface area contributed by atoms with E-state index in [0.717, 1.165) is 43.0 Å². The number of benzene rings is 1. The van der Waals surface area contributed by atoms with Crippen LogP contribution in [0.4, 0.5) is 20.8 Å². The smallest absolute Gasteiger partial charge is 0.335 e. The van der Waals surface area contributed by atoms with E-state index >= 15 is 0 Å². The summed E-state index contributed by atoms with van der Waals surface area (Å²) >= 11 is 0. The van der Waals surface area contributed by atoms with Crippen LogP contribution in [-0.2, 0) is 9.59 Å². The van der Waals surface area contributed by atoms with Crippen molar-refractivity contribution in [1.29, 1.82) is 0 Å². The van der Waals surface area contributed by atoms with E-state index in [0.29, 0.717) is 11.6 Å². The molecular formula is C20H18FN3O4. The van der Waals surface area contributed by atoms with Crippen molar-refractivity contribution < 1.29 is 23.2 Å². The summed E-state index contributed by atoms with van der Waals surface area (Å²) in [6, 6.07) is 7.44. The Labute approximate surface area is 160 Å². The molecule has 7 nitrogen and oxygen atoms in total. The third-order valence-electron chi connectivity index (χ3n) is 4.75. The number of imide groups is 2. The Balaban J connectivity index is 1.61. The molecule has 0 unspecified atom stereocenters. The number of piperidine rings is 1. The van der Waals surface area contributed by atoms with Crippen LogP contribution in [0.15, 0.2) is 46.4 Å². The molecule has 1 aromatic carbocycles. The van der Waals surface area contributed by atoms with Crippen LogP contribution in [0.25, 0.3) is 6.08 Å². The average Bonchev–Trinajstić information content (AvgIpc) is 3.16. The predicted octanol–water partition coefficient (Wildman–Crippen LogP) is 3.08. The normalized spacial score (nSPS) is 19.3. The summed E-state index contributed by atoms with van der Waals surface area (Å²) in [5.74, 6) is -1.07. The predicted molar refractivity (Wildman–Crippen MR) is 100 cm³/mol. The summed E-state index contributed by atoms with van der Waals surface area (Å²) in [7, 11) is 0. The highest BCUT2D eigenvalue weighted by atomic mass is 19.1. The molecule has 0 aliphatic carbocycles. The lowest BCUT2D eigenvalue weighted by Gasteiger charge is -2.26. The summed E-state index contributed by atoms with van der Waals surface area (Å²) in [6.07, 6.45) is 4.68. The monoisotopic (exact) mass is 383 g/mol. The van der Waals surface area contributed by atoms with Crippen LogP contribution in [0.1, 0.15) is 25.0 Å². The molecule has 2 aromatic rings. The number of halogens is 1. The summed E-state index contributed by atoms with van der Waals surface area (Å²) in [5, 5.41) is 2.13. The molecule has 0 spiro atoms. The van der Waals surface area contributed by atoms with E-state index in [1.807, 2.05) is 0 Å². The first-order chi connectivity index (χ1) is 13.5. The molecule has 0 radical (unpaired) electrons. The number of urea groups is 1. The van der Waals surface area contributed by atoms with Gasteiger partial charge >= 0.3 is 6.03 Å². The van der Waals surface area contributed by atoms with Gasteiger partial charge in [-0.1, -0.05) is 0 Å². The van der Waals surface area contributed by atoms with Crippen molar-refractivity contribution in [1.82, 2.24) is 5.32 Å². The lowest BCUT2D eigenvalue weighted by molar-refractivity contribution is -0.122. The fourth-order valence-corrected chi connectivity index (χ4v) is 3.33. The van der Waals surface area contributed by atoms with Gasteiger partial charge in [0.1, 0.15) is 17.2 Å². The van der Waals surface area contributed by atoms with Crippen LogP contribution in [0, 0.1) is 5.82 Å². The number of nitrogens with zero attached hydrogens (tertiary/aromatic N) is 2. The van der Waals surface area contributed by atoms with Gasteiger partial charge < -0.3 is 9.32 Å². The van der Waals surface area contributed by atoms with Gasteiger partial charge in [0.2, 0.25) is 0 Å². The van der Waals surface area contributed by atoms with Crippen molar-refractivity contribution in [3.63, 3.8) is 0 Å². The van der Waals surface area contributed by atoms with Crippen molar-refractivity contribution in [3.05, 3.63) is 53.5 Å². The van der Waals surface area contributed by atoms with Crippen LogP contribution >= 0.6 is 0 Å². The zero-order chi connectivity index (χ0) is 19.7. The fraction of sp³-hybridized carbons (Fsp3) is 0.250. The largest absolute Gasteiger partial charge is 0.441 e. The molecule has 0 bridgehead atoms. The molecule has 2 fully saturated rings. The molecule has 8 heteroatoms. The highest BCUT2D eigenvalue weighted by Crippen LogP contribution is 2.26. The molecular weight excluding hydrogens is 365 g/mol. The van der Waals surface area contributed by atoms with Crippen LogP contribution in [0.5, 0.6) is 0 Å². The van der Waals surface area contributed by atoms with Gasteiger partial charge in [0, 0.05) is 19.2 Å². The number of hydrogen-bond acceptors (Lipinski definition) is 5. The summed E-state index contributed by atoms with van der Waals surface area (Å²) in [4.78, 5) is 40.0. The summed E-state index contributed by atoms with van der Waals surface area (Å²) in [5.41, 5.74) is -0.0702. The van der Waals surface area contributed by atoms with Crippen molar-refractivity contribution in [2.75, 3.05) is 22.9 Å². The highest BCUT2D eigenvalue weighted by molar-refractivity contribution is 6.39. The lowest BCUT2D eigenvalue weighted by atomic mass is 10.1. The molecule has 0 atom stereocenters. The second-order valence-electron chi connectivity index (χ2n) is 6.66. The molecule has 4 rings (SSSR count). The Bertz CT molecular complexity index is 958. The van der Waals surface area contributed by atoms with E-state index in [4.69, 9.17) is 4.42 Å². The molecule has 4 amide bonds. The number of rotatable bonds is 3. The Morgan fingerprint density at radius 2 is 1.68 bits per heavy atom. The van der Waals surface area contributed by atoms with Crippen LogP contribution < -0.4 is 15.1 Å². The van der Waals surface area contributed by atoms with E-state index in [1.54, 1.807) is 12.1 Å². The zero-order valence-electron chi connectivity index (χ0n) is 15.0. The fourth-order valence-electron chi connectivity index (χ4n) is 3.33. The lowest BCUT2D eigenvalue weighted by Crippen LogP contribution is -2.54. The number of anilines is 2. The standard InChI is InChI=1S/C20H18FN3O4/c21-13-4-6-14(7-5-13)24-19(26)16(18(25)22-20(24)27)12-15-8-9-17(28-15)23-10-2-1-3-11-23/h4-9,12H,1-3,10-11H2,(H,22,25,27)/b16-12-. The van der Waals surface area contributed by atoms with Gasteiger partial charge in [0.25, 0.3) is 11.8 Å². The molecule has 2 aliphatic heterocycles. The maximum Gasteiger partial charge on any atom is 0.335 e. The van der Waals surface area contributed by atoms with E-state index in [2.05, 4.69) is 10.2 Å². The minimum absolute atomic E-state index is 0.163. The number of barbiturate groups is 1. The third-order valence-corrected chi connectivity index (χ3v) is 4.75. The first-order valence-electron chi connectivity index (χ1n) is 9.05. The second-order valence-corrected chi connectivity index (χ2v) is 6.66. The van der Waals surface area contributed by atoms with Crippen molar-refractivity contribution in [3.8, 4) is 0 Å². The SMILES string of the molecule is O=C1NC(=O)N(c2ccc(F)cc2)C(=O)/C1=C\c1ccc(N2CCCCC2)o1. The molecule has 3 heterocycles. The Kier molecular flexibility index (Phi) is 4.68. The van der Waals surface area contributed by atoms with E-state index < -0.39 is 23.7 Å². The van der Waals surface area contributed by atoms with Gasteiger partial charge in [-0.2, -0.15) is 0 Å². The number of amides is 4. The third kappa shape index (κ3) is 3.40. The number of carbonyl (C=O) groups is 3. The quantitative estimate of drug-likeness (QED) is 0.651. The van der Waals surface area contributed by atoms with Crippen molar-refractivity contribution in [2.45, 2.75) is 19.3 Å². The number of furan rings is 1. The topological polar surface area (TPSA) is 82.9 Å². The average molecular weight is 383 g/mol. The van der Waals surface area contributed by atoms with Crippen molar-refractivity contribution >= 4 is 35.5 Å². The molecule has 144 valence electrons. The molecule has 1 N–H and O–H groups in total. The Morgan fingerprint density at radius 3 is 2.39 bits per heavy atom. The second kappa shape index (κ2) is 7.30. The summed E-state index contributed by atoms with van der Waals surface area (Å²) < 4.78 is 18.9. The molecule has 1 aromatic heterocycles. The number of carbonyl (C=O) groups excluding carboxylic acids is 3. The van der Waals surface area contributed by atoms with Crippen LogP contribution in [-0.4, -0.2) is 30.9 Å². The first kappa shape index (κ1) is 18.0. The van der Waals surface area contributed by atoms with Crippen molar-refractivity contribution in [2.24, 2.45) is 0 Å². The zero-order valence-corrected chi connectivity index (χ0v) is 15.0. The van der Waals surface area contributed by atoms with Crippen LogP contribution in [0.3, 0.4) is 0 Å². The number of hydrogen-bond donors (Lipinski definition) is 1. The number of nitrogens with one attached hydrogen (secondary N) is 1. The molecule has 28 heavy (non-hydrogen) atoms. The van der Waals surface area contributed by atoms with Gasteiger partial charge in [-0.15, -0.1) is 0 Å². The van der Waals surface area contributed by atoms with Crippen LogP contribution in [0.2, 0.25) is 0 Å². The minimum Gasteiger partial charge on any atom is -0.441 e. The maximum atomic E-state index is 13.1. The Hall–Kier alpha value is -3.42. The first-order valence-corrected chi connectivity index (χ1v) is 9.05. The molecule has 2 saturated heterocycles. The van der Waals surface area contributed by atoms with Gasteiger partial charge in [0.15, 0.2) is 5.88 Å². The molecule has 2 aliphatic rings. The van der Waals surface area contributed by atoms with Gasteiger partial charge in [-0.3, -0.25) is 14.9 Å². The Morgan fingerprint density at radius 1 is 0.964 bits per heavy atom. The summed E-state index contributed by atoms with van der Waals surface area (Å²) in [6.45, 7) is 1.80. The van der Waals surface area contributed by atoms with Gasteiger partial charge in [-0.05, 0) is 55.7 Å². The van der Waals surface area contributed by atoms with Gasteiger partial charge in [0.05, 0.1) is 5.69 Å². The van der Waals surface area contributed by atoms with E-state index in [1.165, 1.54) is 24.6 Å². The molecule has 0 saturated carbocycles.